The van der Waals surface area contributed by atoms with Gasteiger partial charge in [-0.1, -0.05) is 0 Å². The van der Waals surface area contributed by atoms with Crippen LogP contribution in [0.1, 0.15) is 6.92 Å². The second-order valence-electron chi connectivity index (χ2n) is 2.45. The van der Waals surface area contributed by atoms with Crippen LogP contribution in [-0.2, 0) is 23.9 Å². The van der Waals surface area contributed by atoms with Crippen molar-refractivity contribution in [1.29, 1.82) is 0 Å². The van der Waals surface area contributed by atoms with Crippen molar-refractivity contribution in [2.75, 3.05) is 6.67 Å². The molecule has 72 valence electrons. The van der Waals surface area contributed by atoms with Crippen molar-refractivity contribution in [3.05, 3.63) is 0 Å². The number of hydrogen-bond donors (Lipinski definition) is 0. The van der Waals surface area contributed by atoms with Crippen LogP contribution in [-0.4, -0.2) is 34.0 Å². The third-order valence-electron chi connectivity index (χ3n) is 1.69. The van der Waals surface area contributed by atoms with Crippen molar-refractivity contribution in [3.8, 4) is 0 Å². The fourth-order valence-electron chi connectivity index (χ4n) is 0.868. The molecule has 1 heterocycles. The Kier molecular flexibility index (Phi) is 2.17. The zero-order chi connectivity index (χ0) is 9.57. The molecule has 12 heavy (non-hydrogen) atoms. The van der Waals surface area contributed by atoms with Crippen molar-refractivity contribution in [2.45, 2.75) is 17.4 Å². The van der Waals surface area contributed by atoms with Crippen LogP contribution in [0.4, 0.5) is 4.39 Å². The summed E-state index contributed by atoms with van der Waals surface area (Å²) in [6, 6.07) is 0. The van der Waals surface area contributed by atoms with Gasteiger partial charge in [-0.05, 0) is 6.92 Å². The lowest BCUT2D eigenvalue weighted by Crippen LogP contribution is -2.28. The number of halogens is 1. The molecule has 0 radical (unpaired) electrons. The topological polar surface area (TPSA) is 77.5 Å². The van der Waals surface area contributed by atoms with Gasteiger partial charge in [0.1, 0.15) is 17.2 Å². The molecule has 1 saturated heterocycles. The molecule has 2 unspecified atom stereocenters. The first kappa shape index (κ1) is 9.87. The molecule has 1 aliphatic heterocycles. The first-order valence-electron chi connectivity index (χ1n) is 3.06. The Morgan fingerprint density at radius 3 is 1.92 bits per heavy atom. The minimum Gasteiger partial charge on any atom is -0.250 e. The average molecular weight is 218 g/mol. The summed E-state index contributed by atoms with van der Waals surface area (Å²) in [7, 11) is -8.38. The van der Waals surface area contributed by atoms with Crippen LogP contribution in [0.25, 0.3) is 0 Å². The van der Waals surface area contributed by atoms with Crippen molar-refractivity contribution in [1.82, 2.24) is 0 Å². The van der Waals surface area contributed by atoms with E-state index in [0.717, 1.165) is 6.92 Å². The van der Waals surface area contributed by atoms with Gasteiger partial charge in [0, 0.05) is 0 Å². The molecule has 0 amide bonds. The maximum absolute atomic E-state index is 12.1. The van der Waals surface area contributed by atoms with Crippen LogP contribution in [0.15, 0.2) is 0 Å². The number of rotatable bonds is 1. The summed E-state index contributed by atoms with van der Waals surface area (Å²) in [6.07, 6.45) is 0. The van der Waals surface area contributed by atoms with Crippen molar-refractivity contribution < 1.29 is 24.9 Å². The molecule has 0 N–H and O–H groups in total. The molecule has 0 saturated carbocycles. The maximum Gasteiger partial charge on any atom is 0.288 e. The summed E-state index contributed by atoms with van der Waals surface area (Å²) in [5.74, 6) is 0. The molecule has 5 nitrogen and oxygen atoms in total. The van der Waals surface area contributed by atoms with E-state index in [-0.39, 0.29) is 0 Å². The lowest BCUT2D eigenvalue weighted by molar-refractivity contribution is 0.451. The minimum atomic E-state index is -4.26. The van der Waals surface area contributed by atoms with Gasteiger partial charge in [-0.25, -0.2) is 4.39 Å². The van der Waals surface area contributed by atoms with E-state index < -0.39 is 37.4 Å². The Labute approximate surface area is 69.8 Å². The maximum atomic E-state index is 12.1. The van der Waals surface area contributed by atoms with E-state index in [4.69, 9.17) is 0 Å². The molecule has 8 heteroatoms. The van der Waals surface area contributed by atoms with Gasteiger partial charge in [0.25, 0.3) is 20.2 Å². The van der Waals surface area contributed by atoms with Crippen LogP contribution in [0.2, 0.25) is 0 Å². The Bertz CT molecular complexity index is 368. The predicted octanol–water partition coefficient (Wildman–Crippen LogP) is -0.597. The summed E-state index contributed by atoms with van der Waals surface area (Å²) in [5.41, 5.74) is 0. The van der Waals surface area contributed by atoms with Gasteiger partial charge in [-0.15, -0.1) is 3.63 Å². The van der Waals surface area contributed by atoms with E-state index >= 15 is 0 Å². The van der Waals surface area contributed by atoms with Crippen LogP contribution in [0, 0.1) is 0 Å². The van der Waals surface area contributed by atoms with Crippen LogP contribution >= 0.6 is 0 Å². The van der Waals surface area contributed by atoms with E-state index in [1.165, 1.54) is 0 Å². The zero-order valence-electron chi connectivity index (χ0n) is 6.10. The molecule has 1 rings (SSSR count). The molecule has 0 bridgehead atoms. The summed E-state index contributed by atoms with van der Waals surface area (Å²) in [5, 5.41) is -2.91. The Morgan fingerprint density at radius 2 is 1.75 bits per heavy atom. The molecule has 1 aliphatic rings. The normalized spacial score (nSPS) is 38.2. The SMILES string of the molecule is CC1C(CF)S(=O)(=O)OS1(=O)=O. The smallest absolute Gasteiger partial charge is 0.250 e. The monoisotopic (exact) mass is 218 g/mol. The van der Waals surface area contributed by atoms with Crippen molar-refractivity contribution >= 4 is 20.2 Å². The highest BCUT2D eigenvalue weighted by Crippen LogP contribution is 2.27. The molecule has 2 atom stereocenters. The highest BCUT2D eigenvalue weighted by atomic mass is 32.3. The minimum absolute atomic E-state index is 1.10. The summed E-state index contributed by atoms with van der Waals surface area (Å²) in [6.45, 7) is -0.146. The molecule has 0 spiro atoms. The van der Waals surface area contributed by atoms with Crippen molar-refractivity contribution in [3.63, 3.8) is 0 Å². The lowest BCUT2D eigenvalue weighted by Gasteiger charge is -2.02. The Hall–Kier alpha value is -0.210. The van der Waals surface area contributed by atoms with Crippen LogP contribution < -0.4 is 0 Å². The predicted molar refractivity (Wildman–Crippen MR) is 38.1 cm³/mol. The molecule has 1 fully saturated rings. The van der Waals surface area contributed by atoms with Gasteiger partial charge >= 0.3 is 0 Å². The highest BCUT2D eigenvalue weighted by Gasteiger charge is 2.50. The van der Waals surface area contributed by atoms with Crippen LogP contribution in [0.3, 0.4) is 0 Å². The van der Waals surface area contributed by atoms with E-state index in [9.17, 15) is 21.2 Å². The van der Waals surface area contributed by atoms with E-state index in [1.807, 2.05) is 0 Å². The molecular formula is C4H7FO5S2. The average Bonchev–Trinajstić information content (AvgIpc) is 1.98. The van der Waals surface area contributed by atoms with Gasteiger partial charge in [0.05, 0.1) is 0 Å². The Morgan fingerprint density at radius 1 is 1.25 bits per heavy atom. The van der Waals surface area contributed by atoms with Gasteiger partial charge in [-0.3, -0.25) is 0 Å². The second-order valence-corrected chi connectivity index (χ2v) is 6.32. The quantitative estimate of drug-likeness (QED) is 0.587. The summed E-state index contributed by atoms with van der Waals surface area (Å²) < 4.78 is 58.9. The summed E-state index contributed by atoms with van der Waals surface area (Å²) >= 11 is 0. The summed E-state index contributed by atoms with van der Waals surface area (Å²) in [4.78, 5) is 0. The lowest BCUT2D eigenvalue weighted by atomic mass is 10.3. The van der Waals surface area contributed by atoms with Gasteiger partial charge in [0.2, 0.25) is 0 Å². The van der Waals surface area contributed by atoms with Crippen LogP contribution in [0.5, 0.6) is 0 Å². The van der Waals surface area contributed by atoms with E-state index in [2.05, 4.69) is 3.63 Å². The zero-order valence-corrected chi connectivity index (χ0v) is 7.73. The van der Waals surface area contributed by atoms with E-state index in [0.29, 0.717) is 0 Å². The standard InChI is InChI=1S/C4H7FO5S2/c1-3-4(2-5)12(8,9)10-11(3,6)7/h3-4H,2H2,1H3. The molecule has 0 aromatic rings. The number of alkyl halides is 1. The molecule has 0 aromatic heterocycles. The second kappa shape index (κ2) is 2.64. The third kappa shape index (κ3) is 1.34. The molecular weight excluding hydrogens is 211 g/mol. The Balaban J connectivity index is 3.22. The first-order chi connectivity index (χ1) is 5.31. The first-order valence-corrected chi connectivity index (χ1v) is 6.00. The number of hydrogen-bond acceptors (Lipinski definition) is 5. The van der Waals surface area contributed by atoms with Gasteiger partial charge < -0.3 is 0 Å². The van der Waals surface area contributed by atoms with Gasteiger partial charge in [0.15, 0.2) is 0 Å². The fourth-order valence-corrected chi connectivity index (χ4v) is 4.71. The molecule has 0 aromatic carbocycles. The van der Waals surface area contributed by atoms with Crippen molar-refractivity contribution in [2.24, 2.45) is 0 Å². The largest absolute Gasteiger partial charge is 0.288 e. The van der Waals surface area contributed by atoms with Gasteiger partial charge in [-0.2, -0.15) is 16.8 Å². The fraction of sp³-hybridized carbons (Fsp3) is 1.00. The molecule has 0 aliphatic carbocycles. The third-order valence-corrected chi connectivity index (χ3v) is 5.90. The van der Waals surface area contributed by atoms with E-state index in [1.54, 1.807) is 0 Å². The highest BCUT2D eigenvalue weighted by molar-refractivity contribution is 8.04.